The van der Waals surface area contributed by atoms with Gasteiger partial charge in [-0.1, -0.05) is 48.5 Å². The Bertz CT molecular complexity index is 1390. The third kappa shape index (κ3) is 5.60. The maximum atomic E-state index is 12.8. The summed E-state index contributed by atoms with van der Waals surface area (Å²) in [4.78, 5) is 26.0. The van der Waals surface area contributed by atoms with Gasteiger partial charge in [0.25, 0.3) is 0 Å². The fourth-order valence-corrected chi connectivity index (χ4v) is 4.49. The van der Waals surface area contributed by atoms with E-state index in [1.807, 2.05) is 66.4 Å². The van der Waals surface area contributed by atoms with Gasteiger partial charge in [0.15, 0.2) is 5.82 Å². The number of amides is 1. The number of fused-ring (bicyclic) bond motifs is 1. The molecule has 0 aliphatic carbocycles. The monoisotopic (exact) mass is 520 g/mol. The molecule has 1 fully saturated rings. The Morgan fingerprint density at radius 3 is 2.54 bits per heavy atom. The highest BCUT2D eigenvalue weighted by atomic mass is 35.5. The zero-order valence-electron chi connectivity index (χ0n) is 20.4. The van der Waals surface area contributed by atoms with Crippen LogP contribution >= 0.6 is 12.4 Å². The number of aromatic nitrogens is 2. The Hall–Kier alpha value is -3.88. The average molecular weight is 521 g/mol. The van der Waals surface area contributed by atoms with E-state index in [1.165, 1.54) is 0 Å². The molecule has 2 N–H and O–H groups in total. The number of aliphatic hydroxyl groups excluding tert-OH is 1. The van der Waals surface area contributed by atoms with Crippen LogP contribution in [0.15, 0.2) is 72.8 Å². The Morgan fingerprint density at radius 2 is 1.78 bits per heavy atom. The predicted octanol–water partition coefficient (Wildman–Crippen LogP) is 4.55. The van der Waals surface area contributed by atoms with E-state index in [0.717, 1.165) is 22.0 Å². The lowest BCUT2D eigenvalue weighted by Crippen LogP contribution is -2.56. The number of carbonyl (C=O) groups excluding carboxylic acids is 1. The normalized spacial score (nSPS) is 15.4. The molecule has 1 unspecified atom stereocenters. The molecule has 0 radical (unpaired) electrons. The number of nitrogens with zero attached hydrogens (tertiary/aromatic N) is 4. The number of aliphatic hydroxyl groups is 1. The van der Waals surface area contributed by atoms with Gasteiger partial charge in [0.1, 0.15) is 18.2 Å². The number of benzene rings is 3. The molecule has 3 aromatic carbocycles. The summed E-state index contributed by atoms with van der Waals surface area (Å²) in [6, 6.07) is 22.1. The Labute approximate surface area is 221 Å². The highest BCUT2D eigenvalue weighted by Crippen LogP contribution is 2.33. The standard InChI is InChI=1S/C28H28N4O4.ClH/c1-19-11-12-22-24(15-19)29-26(23-9-5-6-10-25(23)34)30-27(22)32-14-13-31(16-21(32)17-33)28(35)36-18-20-7-3-2-4-8-20;/h2-12,15,21,33-34H,13-14,16-18H2,1H3;1H. The molecule has 0 bridgehead atoms. The molecular formula is C28H29ClN4O4. The number of piperazine rings is 1. The molecule has 0 saturated carbocycles. The van der Waals surface area contributed by atoms with Crippen molar-refractivity contribution in [2.24, 2.45) is 0 Å². The second-order valence-electron chi connectivity index (χ2n) is 8.92. The van der Waals surface area contributed by atoms with Gasteiger partial charge in [-0.15, -0.1) is 12.4 Å². The van der Waals surface area contributed by atoms with E-state index in [0.29, 0.717) is 36.8 Å². The summed E-state index contributed by atoms with van der Waals surface area (Å²) in [5.41, 5.74) is 3.26. The van der Waals surface area contributed by atoms with Gasteiger partial charge in [0.2, 0.25) is 0 Å². The lowest BCUT2D eigenvalue weighted by Gasteiger charge is -2.41. The minimum Gasteiger partial charge on any atom is -0.507 e. The number of phenolic OH excluding ortho intramolecular Hbond substituents is 1. The molecule has 1 amide bonds. The number of hydrogen-bond acceptors (Lipinski definition) is 7. The van der Waals surface area contributed by atoms with Crippen molar-refractivity contribution in [3.8, 4) is 17.1 Å². The first-order valence-corrected chi connectivity index (χ1v) is 11.9. The molecule has 8 nitrogen and oxygen atoms in total. The van der Waals surface area contributed by atoms with Crippen LogP contribution in [0.2, 0.25) is 0 Å². The summed E-state index contributed by atoms with van der Waals surface area (Å²) >= 11 is 0. The van der Waals surface area contributed by atoms with Crippen molar-refractivity contribution in [1.82, 2.24) is 14.9 Å². The number of ether oxygens (including phenoxy) is 1. The Balaban J connectivity index is 0.00000320. The van der Waals surface area contributed by atoms with Gasteiger partial charge in [-0.05, 0) is 42.3 Å². The lowest BCUT2D eigenvalue weighted by molar-refractivity contribution is 0.0836. The number of phenols is 1. The number of aryl methyl sites for hydroxylation is 1. The molecule has 4 aromatic rings. The topological polar surface area (TPSA) is 99.0 Å². The van der Waals surface area contributed by atoms with Crippen LogP contribution in [0.25, 0.3) is 22.3 Å². The quantitative estimate of drug-likeness (QED) is 0.398. The van der Waals surface area contributed by atoms with Gasteiger partial charge in [-0.2, -0.15) is 0 Å². The summed E-state index contributed by atoms with van der Waals surface area (Å²) in [7, 11) is 0. The van der Waals surface area contributed by atoms with E-state index in [2.05, 4.69) is 0 Å². The van der Waals surface area contributed by atoms with Crippen LogP contribution < -0.4 is 4.90 Å². The van der Waals surface area contributed by atoms with Crippen LogP contribution in [0, 0.1) is 6.92 Å². The first-order chi connectivity index (χ1) is 17.5. The SMILES string of the molecule is Cc1ccc2c(N3CCN(C(=O)OCc4ccccc4)CC3CO)nc(-c3ccccc3O)nc2c1.Cl. The van der Waals surface area contributed by atoms with Crippen molar-refractivity contribution in [2.45, 2.75) is 19.6 Å². The second-order valence-corrected chi connectivity index (χ2v) is 8.92. The molecule has 9 heteroatoms. The van der Waals surface area contributed by atoms with Gasteiger partial charge < -0.3 is 24.7 Å². The summed E-state index contributed by atoms with van der Waals surface area (Å²) in [5, 5.41) is 21.5. The van der Waals surface area contributed by atoms with E-state index in [4.69, 9.17) is 14.7 Å². The van der Waals surface area contributed by atoms with Crippen molar-refractivity contribution < 1.29 is 19.7 Å². The molecule has 1 atom stereocenters. The second kappa shape index (κ2) is 11.5. The van der Waals surface area contributed by atoms with Crippen molar-refractivity contribution >= 4 is 35.2 Å². The zero-order chi connectivity index (χ0) is 25.1. The van der Waals surface area contributed by atoms with E-state index >= 15 is 0 Å². The van der Waals surface area contributed by atoms with Gasteiger partial charge in [-0.25, -0.2) is 14.8 Å². The van der Waals surface area contributed by atoms with E-state index < -0.39 is 6.09 Å². The number of para-hydroxylation sites is 1. The van der Waals surface area contributed by atoms with Gasteiger partial charge in [-0.3, -0.25) is 0 Å². The summed E-state index contributed by atoms with van der Waals surface area (Å²) < 4.78 is 5.51. The van der Waals surface area contributed by atoms with Gasteiger partial charge >= 0.3 is 6.09 Å². The largest absolute Gasteiger partial charge is 0.507 e. The molecule has 1 aromatic heterocycles. The fourth-order valence-electron chi connectivity index (χ4n) is 4.49. The molecule has 37 heavy (non-hydrogen) atoms. The molecule has 5 rings (SSSR count). The minimum atomic E-state index is -0.407. The molecule has 1 aliphatic heterocycles. The molecule has 1 saturated heterocycles. The van der Waals surface area contributed by atoms with E-state index in [9.17, 15) is 15.0 Å². The fraction of sp³-hybridized carbons (Fsp3) is 0.250. The zero-order valence-corrected chi connectivity index (χ0v) is 21.3. The average Bonchev–Trinajstić information content (AvgIpc) is 2.91. The van der Waals surface area contributed by atoms with Crippen LogP contribution in [0.4, 0.5) is 10.6 Å². The summed E-state index contributed by atoms with van der Waals surface area (Å²) in [6.07, 6.45) is -0.407. The number of hydrogen-bond donors (Lipinski definition) is 2. The van der Waals surface area contributed by atoms with Gasteiger partial charge in [0, 0.05) is 25.0 Å². The van der Waals surface area contributed by atoms with Crippen molar-refractivity contribution in [1.29, 1.82) is 0 Å². The van der Waals surface area contributed by atoms with E-state index in [-0.39, 0.29) is 37.4 Å². The van der Waals surface area contributed by atoms with Crippen LogP contribution in [0.5, 0.6) is 5.75 Å². The highest BCUT2D eigenvalue weighted by molar-refractivity contribution is 5.92. The predicted molar refractivity (Wildman–Crippen MR) is 145 cm³/mol. The molecule has 192 valence electrons. The summed E-state index contributed by atoms with van der Waals surface area (Å²) in [5.74, 6) is 1.16. The minimum absolute atomic E-state index is 0. The molecule has 0 spiro atoms. The number of halogens is 1. The number of rotatable bonds is 5. The van der Waals surface area contributed by atoms with Crippen LogP contribution in [0.1, 0.15) is 11.1 Å². The first kappa shape index (κ1) is 26.2. The maximum absolute atomic E-state index is 12.8. The number of aromatic hydroxyl groups is 1. The van der Waals surface area contributed by atoms with Gasteiger partial charge in [0.05, 0.1) is 23.7 Å². The molecule has 1 aliphatic rings. The van der Waals surface area contributed by atoms with Crippen LogP contribution in [-0.2, 0) is 11.3 Å². The van der Waals surface area contributed by atoms with Crippen molar-refractivity contribution in [3.05, 3.63) is 83.9 Å². The highest BCUT2D eigenvalue weighted by Gasteiger charge is 2.32. The van der Waals surface area contributed by atoms with Crippen molar-refractivity contribution in [2.75, 3.05) is 31.1 Å². The smallest absolute Gasteiger partial charge is 0.410 e. The molecular weight excluding hydrogens is 492 g/mol. The maximum Gasteiger partial charge on any atom is 0.410 e. The van der Waals surface area contributed by atoms with Crippen LogP contribution in [0.3, 0.4) is 0 Å². The number of carbonyl (C=O) groups is 1. The lowest BCUT2D eigenvalue weighted by atomic mass is 10.1. The van der Waals surface area contributed by atoms with E-state index in [1.54, 1.807) is 23.1 Å². The van der Waals surface area contributed by atoms with Crippen molar-refractivity contribution in [3.63, 3.8) is 0 Å². The Kier molecular flexibility index (Phi) is 8.11. The van der Waals surface area contributed by atoms with Crippen LogP contribution in [-0.4, -0.2) is 63.5 Å². The molecule has 2 heterocycles. The third-order valence-corrected chi connectivity index (χ3v) is 6.41. The number of anilines is 1. The summed E-state index contributed by atoms with van der Waals surface area (Å²) in [6.45, 7) is 3.22. The third-order valence-electron chi connectivity index (χ3n) is 6.41. The first-order valence-electron chi connectivity index (χ1n) is 11.9. The Morgan fingerprint density at radius 1 is 1.03 bits per heavy atom.